The van der Waals surface area contributed by atoms with Crippen LogP contribution in [-0.2, 0) is 11.3 Å². The van der Waals surface area contributed by atoms with E-state index in [9.17, 15) is 4.79 Å². The van der Waals surface area contributed by atoms with Crippen LogP contribution >= 0.6 is 0 Å². The topological polar surface area (TPSA) is 78.6 Å². The number of carboxylic acid groups (broad SMARTS) is 1. The standard InChI is InChI=1S/C15H21N3O3/c1-11(17(2)10-14(20)21)15-16-12-6-3-4-7-13(12)18(15)8-5-9-19/h3-4,6-7,11,19H,5,8-10H2,1-2H3,(H,20,21). The molecule has 0 bridgehead atoms. The molecule has 1 atom stereocenters. The van der Waals surface area contributed by atoms with Gasteiger partial charge in [-0.3, -0.25) is 9.69 Å². The summed E-state index contributed by atoms with van der Waals surface area (Å²) in [6.45, 7) is 2.69. The maximum absolute atomic E-state index is 10.9. The van der Waals surface area contributed by atoms with Crippen molar-refractivity contribution < 1.29 is 15.0 Å². The van der Waals surface area contributed by atoms with Gasteiger partial charge in [-0.25, -0.2) is 4.98 Å². The highest BCUT2D eigenvalue weighted by Gasteiger charge is 2.21. The molecule has 0 amide bonds. The zero-order chi connectivity index (χ0) is 15.4. The first-order valence-electron chi connectivity index (χ1n) is 7.02. The summed E-state index contributed by atoms with van der Waals surface area (Å²) in [5, 5.41) is 18.0. The number of rotatable bonds is 7. The average molecular weight is 291 g/mol. The molecule has 21 heavy (non-hydrogen) atoms. The Bertz CT molecular complexity index is 624. The number of likely N-dealkylation sites (N-methyl/N-ethyl adjacent to an activating group) is 1. The largest absolute Gasteiger partial charge is 0.480 e. The lowest BCUT2D eigenvalue weighted by atomic mass is 10.2. The van der Waals surface area contributed by atoms with E-state index in [1.807, 2.05) is 31.2 Å². The Morgan fingerprint density at radius 2 is 2.14 bits per heavy atom. The minimum absolute atomic E-state index is 0.0373. The fourth-order valence-corrected chi connectivity index (χ4v) is 2.42. The van der Waals surface area contributed by atoms with Crippen molar-refractivity contribution in [3.63, 3.8) is 0 Å². The highest BCUT2D eigenvalue weighted by molar-refractivity contribution is 5.76. The predicted octanol–water partition coefficient (Wildman–Crippen LogP) is 1.50. The van der Waals surface area contributed by atoms with Crippen molar-refractivity contribution in [3.8, 4) is 0 Å². The predicted molar refractivity (Wildman–Crippen MR) is 80.1 cm³/mol. The molecule has 1 heterocycles. The van der Waals surface area contributed by atoms with Crippen molar-refractivity contribution in [2.45, 2.75) is 25.9 Å². The number of carboxylic acids is 1. The van der Waals surface area contributed by atoms with Gasteiger partial charge in [0.1, 0.15) is 5.82 Å². The number of para-hydroxylation sites is 2. The van der Waals surface area contributed by atoms with Gasteiger partial charge in [0.25, 0.3) is 0 Å². The van der Waals surface area contributed by atoms with Crippen molar-refractivity contribution in [2.24, 2.45) is 0 Å². The van der Waals surface area contributed by atoms with Gasteiger partial charge < -0.3 is 14.8 Å². The van der Waals surface area contributed by atoms with Gasteiger partial charge in [0, 0.05) is 13.2 Å². The van der Waals surface area contributed by atoms with E-state index in [1.165, 1.54) is 0 Å². The lowest BCUT2D eigenvalue weighted by molar-refractivity contribution is -0.138. The summed E-state index contributed by atoms with van der Waals surface area (Å²) < 4.78 is 2.06. The summed E-state index contributed by atoms with van der Waals surface area (Å²) >= 11 is 0. The van der Waals surface area contributed by atoms with Gasteiger partial charge in [-0.05, 0) is 32.5 Å². The molecular formula is C15H21N3O3. The SMILES string of the molecule is CC(c1nc2ccccc2n1CCCO)N(C)CC(=O)O. The number of imidazole rings is 1. The smallest absolute Gasteiger partial charge is 0.317 e. The Kier molecular flexibility index (Phi) is 4.93. The van der Waals surface area contributed by atoms with Gasteiger partial charge in [-0.15, -0.1) is 0 Å². The van der Waals surface area contributed by atoms with Gasteiger partial charge >= 0.3 is 5.97 Å². The van der Waals surface area contributed by atoms with Crippen molar-refractivity contribution in [1.82, 2.24) is 14.5 Å². The number of aromatic nitrogens is 2. The Hall–Kier alpha value is -1.92. The first-order chi connectivity index (χ1) is 10.0. The minimum Gasteiger partial charge on any atom is -0.480 e. The molecule has 1 aromatic carbocycles. The molecule has 0 radical (unpaired) electrons. The van der Waals surface area contributed by atoms with E-state index < -0.39 is 5.97 Å². The van der Waals surface area contributed by atoms with E-state index in [0.29, 0.717) is 13.0 Å². The van der Waals surface area contributed by atoms with Crippen LogP contribution in [0.1, 0.15) is 25.2 Å². The Balaban J connectivity index is 2.38. The zero-order valence-corrected chi connectivity index (χ0v) is 12.4. The molecule has 1 aromatic heterocycles. The molecule has 0 saturated heterocycles. The highest BCUT2D eigenvalue weighted by atomic mass is 16.4. The van der Waals surface area contributed by atoms with Gasteiger partial charge in [0.05, 0.1) is 23.6 Å². The molecule has 1 unspecified atom stereocenters. The molecule has 0 aliphatic rings. The van der Waals surface area contributed by atoms with Crippen LogP contribution in [0.5, 0.6) is 0 Å². The Morgan fingerprint density at radius 3 is 2.81 bits per heavy atom. The van der Waals surface area contributed by atoms with E-state index in [0.717, 1.165) is 16.9 Å². The van der Waals surface area contributed by atoms with Crippen LogP contribution in [0.3, 0.4) is 0 Å². The van der Waals surface area contributed by atoms with Crippen LogP contribution < -0.4 is 0 Å². The quantitative estimate of drug-likeness (QED) is 0.808. The number of nitrogens with zero attached hydrogens (tertiary/aromatic N) is 3. The molecule has 2 rings (SSSR count). The van der Waals surface area contributed by atoms with Crippen LogP contribution in [0.15, 0.2) is 24.3 Å². The average Bonchev–Trinajstić information content (AvgIpc) is 2.82. The van der Waals surface area contributed by atoms with Crippen LogP contribution in [0.25, 0.3) is 11.0 Å². The number of aliphatic hydroxyl groups excluding tert-OH is 1. The zero-order valence-electron chi connectivity index (χ0n) is 12.4. The minimum atomic E-state index is -0.859. The number of aliphatic hydroxyl groups is 1. The first-order valence-corrected chi connectivity index (χ1v) is 7.02. The number of hydrogen-bond acceptors (Lipinski definition) is 4. The summed E-state index contributed by atoms with van der Waals surface area (Å²) in [5.74, 6) is -0.0317. The van der Waals surface area contributed by atoms with Crippen molar-refractivity contribution >= 4 is 17.0 Å². The third-order valence-corrected chi connectivity index (χ3v) is 3.64. The van der Waals surface area contributed by atoms with E-state index in [2.05, 4.69) is 9.55 Å². The van der Waals surface area contributed by atoms with Gasteiger partial charge in [0.15, 0.2) is 0 Å². The van der Waals surface area contributed by atoms with E-state index in [1.54, 1.807) is 11.9 Å². The van der Waals surface area contributed by atoms with Crippen molar-refractivity contribution in [1.29, 1.82) is 0 Å². The summed E-state index contributed by atoms with van der Waals surface area (Å²) in [6.07, 6.45) is 0.642. The van der Waals surface area contributed by atoms with E-state index >= 15 is 0 Å². The normalized spacial score (nSPS) is 13.0. The van der Waals surface area contributed by atoms with Gasteiger partial charge in [-0.2, -0.15) is 0 Å². The summed E-state index contributed by atoms with van der Waals surface area (Å²) in [6, 6.07) is 7.70. The maximum atomic E-state index is 10.9. The van der Waals surface area contributed by atoms with Crippen LogP contribution in [0.4, 0.5) is 0 Å². The molecule has 0 aliphatic heterocycles. The lowest BCUT2D eigenvalue weighted by Gasteiger charge is -2.23. The van der Waals surface area contributed by atoms with Crippen LogP contribution in [0, 0.1) is 0 Å². The fourth-order valence-electron chi connectivity index (χ4n) is 2.42. The molecule has 2 N–H and O–H groups in total. The monoisotopic (exact) mass is 291 g/mol. The molecular weight excluding hydrogens is 270 g/mol. The first kappa shape index (κ1) is 15.5. The fraction of sp³-hybridized carbons (Fsp3) is 0.467. The lowest BCUT2D eigenvalue weighted by Crippen LogP contribution is -2.30. The maximum Gasteiger partial charge on any atom is 0.317 e. The van der Waals surface area contributed by atoms with Gasteiger partial charge in [0.2, 0.25) is 0 Å². The molecule has 114 valence electrons. The Labute approximate surface area is 123 Å². The third kappa shape index (κ3) is 3.40. The van der Waals surface area contributed by atoms with Crippen LogP contribution in [-0.4, -0.2) is 50.8 Å². The van der Waals surface area contributed by atoms with Crippen LogP contribution in [0.2, 0.25) is 0 Å². The Morgan fingerprint density at radius 1 is 1.43 bits per heavy atom. The molecule has 6 nitrogen and oxygen atoms in total. The van der Waals surface area contributed by atoms with Gasteiger partial charge in [-0.1, -0.05) is 12.1 Å². The second-order valence-corrected chi connectivity index (χ2v) is 5.17. The number of aryl methyl sites for hydroxylation is 1. The van der Waals surface area contributed by atoms with Crippen molar-refractivity contribution in [2.75, 3.05) is 20.2 Å². The number of fused-ring (bicyclic) bond motifs is 1. The molecule has 2 aromatic rings. The number of benzene rings is 1. The highest BCUT2D eigenvalue weighted by Crippen LogP contribution is 2.24. The number of hydrogen-bond donors (Lipinski definition) is 2. The second kappa shape index (κ2) is 6.69. The summed E-state index contributed by atoms with van der Waals surface area (Å²) in [5.41, 5.74) is 1.90. The third-order valence-electron chi connectivity index (χ3n) is 3.64. The number of carbonyl (C=O) groups is 1. The molecule has 0 saturated carbocycles. The molecule has 0 spiro atoms. The molecule has 0 aliphatic carbocycles. The van der Waals surface area contributed by atoms with Crippen molar-refractivity contribution in [3.05, 3.63) is 30.1 Å². The van der Waals surface area contributed by atoms with E-state index in [4.69, 9.17) is 10.2 Å². The molecule has 6 heteroatoms. The van der Waals surface area contributed by atoms with E-state index in [-0.39, 0.29) is 19.2 Å². The second-order valence-electron chi connectivity index (χ2n) is 5.17. The summed E-state index contributed by atoms with van der Waals surface area (Å²) in [7, 11) is 1.77. The number of aliphatic carboxylic acids is 1. The summed E-state index contributed by atoms with van der Waals surface area (Å²) in [4.78, 5) is 17.3. The molecule has 0 fully saturated rings.